The van der Waals surface area contributed by atoms with Gasteiger partial charge in [0.1, 0.15) is 5.75 Å². The Morgan fingerprint density at radius 2 is 2.09 bits per heavy atom. The van der Waals surface area contributed by atoms with Gasteiger partial charge in [-0.15, -0.1) is 11.3 Å². The van der Waals surface area contributed by atoms with Crippen molar-refractivity contribution < 1.29 is 9.53 Å². The molecule has 1 saturated carbocycles. The highest BCUT2D eigenvalue weighted by atomic mass is 32.1. The summed E-state index contributed by atoms with van der Waals surface area (Å²) in [7, 11) is 1.65. The van der Waals surface area contributed by atoms with Gasteiger partial charge in [0.05, 0.1) is 12.8 Å². The van der Waals surface area contributed by atoms with Crippen LogP contribution in [0.4, 0.5) is 5.13 Å². The van der Waals surface area contributed by atoms with E-state index in [0.29, 0.717) is 17.0 Å². The highest BCUT2D eigenvalue weighted by Gasteiger charge is 2.44. The molecule has 0 spiro atoms. The third-order valence-electron chi connectivity index (χ3n) is 4.01. The first-order chi connectivity index (χ1) is 10.6. The normalized spacial score (nSPS) is 20.0. The van der Waals surface area contributed by atoms with Crippen LogP contribution in [0.25, 0.3) is 0 Å². The molecule has 1 N–H and O–H groups in total. The molecule has 4 nitrogen and oxygen atoms in total. The summed E-state index contributed by atoms with van der Waals surface area (Å²) in [6, 6.07) is 7.96. The maximum Gasteiger partial charge on any atom is 0.229 e. The van der Waals surface area contributed by atoms with E-state index in [-0.39, 0.29) is 11.8 Å². The van der Waals surface area contributed by atoms with Gasteiger partial charge in [0.15, 0.2) is 5.13 Å². The lowest BCUT2D eigenvalue weighted by Gasteiger charge is -2.04. The van der Waals surface area contributed by atoms with E-state index < -0.39 is 0 Å². The van der Waals surface area contributed by atoms with Gasteiger partial charge in [0, 0.05) is 11.3 Å². The first kappa shape index (κ1) is 15.0. The Labute approximate surface area is 134 Å². The van der Waals surface area contributed by atoms with E-state index in [1.54, 1.807) is 7.11 Å². The summed E-state index contributed by atoms with van der Waals surface area (Å²) in [6.07, 6.45) is 0.903. The molecule has 0 bridgehead atoms. The van der Waals surface area contributed by atoms with Crippen LogP contribution >= 0.6 is 11.3 Å². The van der Waals surface area contributed by atoms with Crippen molar-refractivity contribution in [2.75, 3.05) is 12.4 Å². The van der Waals surface area contributed by atoms with Crippen molar-refractivity contribution in [2.45, 2.75) is 32.1 Å². The molecule has 1 aromatic heterocycles. The first-order valence-electron chi connectivity index (χ1n) is 7.48. The molecule has 5 heteroatoms. The second-order valence-corrected chi connectivity index (χ2v) is 6.80. The molecule has 1 amide bonds. The lowest BCUT2D eigenvalue weighted by Crippen LogP contribution is -2.14. The summed E-state index contributed by atoms with van der Waals surface area (Å²) in [5.41, 5.74) is 2.23. The number of anilines is 1. The Bertz CT molecular complexity index is 664. The standard InChI is InChI=1S/C17H20N2O2S/c1-10(2)15-9-22-17(18-15)19-16(20)14-8-13(14)11-4-6-12(21-3)7-5-11/h4-7,9-10,13-14H,8H2,1-3H3,(H,18,19,20). The average molecular weight is 316 g/mol. The van der Waals surface area contributed by atoms with Crippen molar-refractivity contribution in [3.05, 3.63) is 40.9 Å². The number of ether oxygens (including phenoxy) is 1. The number of nitrogens with one attached hydrogen (secondary N) is 1. The van der Waals surface area contributed by atoms with Gasteiger partial charge in [-0.2, -0.15) is 0 Å². The number of benzene rings is 1. The van der Waals surface area contributed by atoms with Crippen molar-refractivity contribution in [3.63, 3.8) is 0 Å². The van der Waals surface area contributed by atoms with Gasteiger partial charge in [0.25, 0.3) is 0 Å². The van der Waals surface area contributed by atoms with E-state index in [9.17, 15) is 4.79 Å². The number of carbonyl (C=O) groups excluding carboxylic acids is 1. The van der Waals surface area contributed by atoms with Gasteiger partial charge in [-0.05, 0) is 36.0 Å². The second kappa shape index (κ2) is 6.08. The molecule has 0 radical (unpaired) electrons. The molecule has 1 aromatic carbocycles. The number of nitrogens with zero attached hydrogens (tertiary/aromatic N) is 1. The topological polar surface area (TPSA) is 51.2 Å². The van der Waals surface area contributed by atoms with Crippen molar-refractivity contribution in [3.8, 4) is 5.75 Å². The van der Waals surface area contributed by atoms with Crippen molar-refractivity contribution in [1.29, 1.82) is 0 Å². The summed E-state index contributed by atoms with van der Waals surface area (Å²) in [5, 5.41) is 5.66. The number of hydrogen-bond acceptors (Lipinski definition) is 4. The van der Waals surface area contributed by atoms with Crippen LogP contribution in [0, 0.1) is 5.92 Å². The first-order valence-corrected chi connectivity index (χ1v) is 8.36. The van der Waals surface area contributed by atoms with E-state index in [4.69, 9.17) is 4.74 Å². The van der Waals surface area contributed by atoms with E-state index in [1.807, 2.05) is 29.6 Å². The molecule has 116 valence electrons. The monoisotopic (exact) mass is 316 g/mol. The number of aromatic nitrogens is 1. The summed E-state index contributed by atoms with van der Waals surface area (Å²) in [4.78, 5) is 16.7. The molecule has 1 fully saturated rings. The van der Waals surface area contributed by atoms with Crippen LogP contribution in [0.5, 0.6) is 5.75 Å². The third-order valence-corrected chi connectivity index (χ3v) is 4.79. The highest BCUT2D eigenvalue weighted by molar-refractivity contribution is 7.13. The van der Waals surface area contributed by atoms with Gasteiger partial charge >= 0.3 is 0 Å². The number of rotatable bonds is 5. The van der Waals surface area contributed by atoms with Crippen molar-refractivity contribution >= 4 is 22.4 Å². The largest absolute Gasteiger partial charge is 0.497 e. The molecule has 22 heavy (non-hydrogen) atoms. The molecule has 1 heterocycles. The third kappa shape index (κ3) is 3.14. The van der Waals surface area contributed by atoms with Crippen LogP contribution in [0.1, 0.15) is 43.4 Å². The number of hydrogen-bond donors (Lipinski definition) is 1. The summed E-state index contributed by atoms with van der Waals surface area (Å²) in [6.45, 7) is 4.20. The molecule has 2 unspecified atom stereocenters. The van der Waals surface area contributed by atoms with E-state index in [2.05, 4.69) is 24.1 Å². The lowest BCUT2D eigenvalue weighted by atomic mass is 10.1. The van der Waals surface area contributed by atoms with Gasteiger partial charge in [-0.25, -0.2) is 4.98 Å². The summed E-state index contributed by atoms with van der Waals surface area (Å²) in [5.74, 6) is 1.67. The van der Waals surface area contributed by atoms with Crippen LogP contribution in [0.3, 0.4) is 0 Å². The van der Waals surface area contributed by atoms with Crippen LogP contribution in [-0.4, -0.2) is 18.0 Å². The fourth-order valence-corrected chi connectivity index (χ4v) is 3.39. The number of carbonyl (C=O) groups is 1. The quantitative estimate of drug-likeness (QED) is 0.906. The maximum atomic E-state index is 12.3. The van der Waals surface area contributed by atoms with Crippen LogP contribution < -0.4 is 10.1 Å². The van der Waals surface area contributed by atoms with E-state index >= 15 is 0 Å². The minimum Gasteiger partial charge on any atom is -0.497 e. The zero-order chi connectivity index (χ0) is 15.7. The lowest BCUT2D eigenvalue weighted by molar-refractivity contribution is -0.117. The zero-order valence-electron chi connectivity index (χ0n) is 13.0. The predicted octanol–water partition coefficient (Wildman–Crippen LogP) is 4.02. The Kier molecular flexibility index (Phi) is 4.16. The van der Waals surface area contributed by atoms with Gasteiger partial charge in [-0.1, -0.05) is 26.0 Å². The molecular weight excluding hydrogens is 296 g/mol. The summed E-state index contributed by atoms with van der Waals surface area (Å²) >= 11 is 1.49. The fraction of sp³-hybridized carbons (Fsp3) is 0.412. The van der Waals surface area contributed by atoms with Crippen molar-refractivity contribution in [2.24, 2.45) is 5.92 Å². The Morgan fingerprint density at radius 3 is 2.68 bits per heavy atom. The van der Waals surface area contributed by atoms with Crippen LogP contribution in [0.2, 0.25) is 0 Å². The molecule has 0 aliphatic heterocycles. The smallest absolute Gasteiger partial charge is 0.229 e. The average Bonchev–Trinajstić information content (AvgIpc) is 3.19. The number of thiazole rings is 1. The molecule has 2 aromatic rings. The van der Waals surface area contributed by atoms with Gasteiger partial charge in [-0.3, -0.25) is 4.79 Å². The SMILES string of the molecule is COc1ccc(C2CC2C(=O)Nc2nc(C(C)C)cs2)cc1. The number of amides is 1. The fourth-order valence-electron chi connectivity index (χ4n) is 2.51. The summed E-state index contributed by atoms with van der Waals surface area (Å²) < 4.78 is 5.16. The Morgan fingerprint density at radius 1 is 1.36 bits per heavy atom. The maximum absolute atomic E-state index is 12.3. The second-order valence-electron chi connectivity index (χ2n) is 5.94. The minimum absolute atomic E-state index is 0.0554. The molecule has 1 aliphatic rings. The minimum atomic E-state index is 0.0554. The molecular formula is C17H20N2O2S. The Hall–Kier alpha value is -1.88. The molecule has 0 saturated heterocycles. The molecule has 1 aliphatic carbocycles. The van der Waals surface area contributed by atoms with Gasteiger partial charge in [0.2, 0.25) is 5.91 Å². The predicted molar refractivity (Wildman–Crippen MR) is 88.7 cm³/mol. The highest BCUT2D eigenvalue weighted by Crippen LogP contribution is 2.48. The molecule has 3 rings (SSSR count). The van der Waals surface area contributed by atoms with E-state index in [0.717, 1.165) is 17.9 Å². The van der Waals surface area contributed by atoms with Gasteiger partial charge < -0.3 is 10.1 Å². The Balaban J connectivity index is 1.59. The molecule has 2 atom stereocenters. The van der Waals surface area contributed by atoms with E-state index in [1.165, 1.54) is 16.9 Å². The van der Waals surface area contributed by atoms with Crippen molar-refractivity contribution in [1.82, 2.24) is 4.98 Å². The van der Waals surface area contributed by atoms with Crippen LogP contribution in [0.15, 0.2) is 29.6 Å². The van der Waals surface area contributed by atoms with Crippen LogP contribution in [-0.2, 0) is 4.79 Å². The number of methoxy groups -OCH3 is 1. The zero-order valence-corrected chi connectivity index (χ0v) is 13.8.